The maximum absolute atomic E-state index is 11.4. The zero-order chi connectivity index (χ0) is 14.2. The molecular weight excluding hydrogens is 236 g/mol. The first kappa shape index (κ1) is 13.8. The monoisotopic (exact) mass is 258 g/mol. The first-order valence-electron chi connectivity index (χ1n) is 6.71. The van der Waals surface area contributed by atoms with Crippen LogP contribution in [0.2, 0.25) is 0 Å². The third-order valence-electron chi connectivity index (χ3n) is 4.01. The number of aromatic nitrogens is 1. The minimum absolute atomic E-state index is 0.0806. The molecule has 3 nitrogen and oxygen atoms in total. The van der Waals surface area contributed by atoms with E-state index in [4.69, 9.17) is 5.73 Å². The van der Waals surface area contributed by atoms with Gasteiger partial charge in [0.15, 0.2) is 0 Å². The third kappa shape index (κ3) is 2.30. The van der Waals surface area contributed by atoms with Crippen molar-refractivity contribution >= 4 is 0 Å². The molecule has 0 unspecified atom stereocenters. The smallest absolute Gasteiger partial charge is 0.248 e. The molecule has 1 aliphatic rings. The number of aryl methyl sites for hydroxylation is 1. The van der Waals surface area contributed by atoms with Crippen LogP contribution in [0.25, 0.3) is 0 Å². The molecule has 0 aliphatic heterocycles. The number of pyridine rings is 1. The zero-order valence-corrected chi connectivity index (χ0v) is 12.1. The van der Waals surface area contributed by atoms with E-state index >= 15 is 0 Å². The lowest BCUT2D eigenvalue weighted by Gasteiger charge is -2.40. The molecule has 0 spiro atoms. The van der Waals surface area contributed by atoms with E-state index in [0.717, 1.165) is 17.7 Å². The van der Waals surface area contributed by atoms with E-state index in [9.17, 15) is 4.79 Å². The molecule has 2 rings (SSSR count). The quantitative estimate of drug-likeness (QED) is 0.761. The van der Waals surface area contributed by atoms with Gasteiger partial charge in [-0.2, -0.15) is 0 Å². The second-order valence-corrected chi connectivity index (χ2v) is 5.56. The summed E-state index contributed by atoms with van der Waals surface area (Å²) in [6.45, 7) is 8.23. The maximum Gasteiger partial charge on any atom is 0.248 e. The van der Waals surface area contributed by atoms with E-state index in [1.54, 1.807) is 6.07 Å². The number of aromatic amines is 1. The van der Waals surface area contributed by atoms with Gasteiger partial charge in [-0.3, -0.25) is 4.79 Å². The predicted molar refractivity (Wildman–Crippen MR) is 79.0 cm³/mol. The molecule has 1 aliphatic carbocycles. The van der Waals surface area contributed by atoms with Gasteiger partial charge in [0, 0.05) is 11.8 Å². The molecule has 0 radical (unpaired) electrons. The minimum atomic E-state index is -0.513. The summed E-state index contributed by atoms with van der Waals surface area (Å²) in [6.07, 6.45) is 5.17. The van der Waals surface area contributed by atoms with Crippen molar-refractivity contribution in [3.63, 3.8) is 0 Å². The lowest BCUT2D eigenvalue weighted by Crippen LogP contribution is -2.44. The molecule has 3 heteroatoms. The van der Waals surface area contributed by atoms with Crippen molar-refractivity contribution in [2.45, 2.75) is 39.7 Å². The van der Waals surface area contributed by atoms with Gasteiger partial charge in [0.2, 0.25) is 5.56 Å². The van der Waals surface area contributed by atoms with Gasteiger partial charge in [0.1, 0.15) is 0 Å². The molecule has 1 heterocycles. The molecule has 0 aromatic carbocycles. The Bertz CT molecular complexity index is 609. The van der Waals surface area contributed by atoms with Crippen LogP contribution >= 0.6 is 0 Å². The maximum atomic E-state index is 11.4. The van der Waals surface area contributed by atoms with Gasteiger partial charge < -0.3 is 10.7 Å². The van der Waals surface area contributed by atoms with Crippen molar-refractivity contribution < 1.29 is 0 Å². The van der Waals surface area contributed by atoms with Gasteiger partial charge in [0.05, 0.1) is 5.54 Å². The number of nitrogens with two attached hydrogens (primary N) is 1. The molecule has 19 heavy (non-hydrogen) atoms. The third-order valence-corrected chi connectivity index (χ3v) is 4.01. The number of nitrogens with one attached hydrogen (secondary N) is 1. The summed E-state index contributed by atoms with van der Waals surface area (Å²) in [5, 5.41) is 0. The Hall–Kier alpha value is -1.61. The molecule has 1 aromatic rings. The predicted octanol–water partition coefficient (Wildman–Crippen LogP) is 2.77. The highest BCUT2D eigenvalue weighted by Crippen LogP contribution is 2.42. The molecule has 2 atom stereocenters. The van der Waals surface area contributed by atoms with Gasteiger partial charge in [-0.15, -0.1) is 0 Å². The highest BCUT2D eigenvalue weighted by molar-refractivity contribution is 5.43. The molecule has 102 valence electrons. The normalized spacial score (nSPS) is 29.4. The van der Waals surface area contributed by atoms with Crippen LogP contribution < -0.4 is 11.3 Å². The number of hydrogen-bond acceptors (Lipinski definition) is 2. The first-order valence-corrected chi connectivity index (χ1v) is 6.71. The van der Waals surface area contributed by atoms with Crippen LogP contribution in [0.4, 0.5) is 0 Å². The Balaban J connectivity index is 2.63. The molecule has 0 saturated carbocycles. The molecule has 0 bridgehead atoms. The molecule has 3 N–H and O–H groups in total. The fraction of sp³-hybridized carbons (Fsp3) is 0.438. The summed E-state index contributed by atoms with van der Waals surface area (Å²) in [7, 11) is 0. The number of H-pyrrole nitrogens is 1. The Labute approximate surface area is 114 Å². The van der Waals surface area contributed by atoms with Crippen molar-refractivity contribution in [1.29, 1.82) is 0 Å². The van der Waals surface area contributed by atoms with Crippen LogP contribution in [0.3, 0.4) is 0 Å². The van der Waals surface area contributed by atoms with Gasteiger partial charge in [-0.25, -0.2) is 0 Å². The number of rotatable bonds is 1. The summed E-state index contributed by atoms with van der Waals surface area (Å²) in [6, 6.07) is 3.42. The molecule has 0 amide bonds. The Morgan fingerprint density at radius 3 is 2.68 bits per heavy atom. The summed E-state index contributed by atoms with van der Waals surface area (Å²) in [5.74, 6) is 0.329. The fourth-order valence-corrected chi connectivity index (χ4v) is 3.36. The van der Waals surface area contributed by atoms with Crippen LogP contribution in [0, 0.1) is 12.8 Å². The molecule has 0 saturated heterocycles. The second-order valence-electron chi connectivity index (χ2n) is 5.56. The average molecular weight is 258 g/mol. The van der Waals surface area contributed by atoms with Crippen molar-refractivity contribution in [3.05, 3.63) is 57.0 Å². The van der Waals surface area contributed by atoms with Gasteiger partial charge in [0.25, 0.3) is 0 Å². The molecular formula is C16H22N2O. The summed E-state index contributed by atoms with van der Waals surface area (Å²) >= 11 is 0. The Morgan fingerprint density at radius 2 is 2.11 bits per heavy atom. The summed E-state index contributed by atoms with van der Waals surface area (Å²) < 4.78 is 0. The van der Waals surface area contributed by atoms with Gasteiger partial charge >= 0.3 is 0 Å². The van der Waals surface area contributed by atoms with Gasteiger partial charge in [-0.05, 0) is 50.3 Å². The summed E-state index contributed by atoms with van der Waals surface area (Å²) in [4.78, 5) is 14.2. The van der Waals surface area contributed by atoms with Crippen LogP contribution in [0.15, 0.2) is 40.2 Å². The van der Waals surface area contributed by atoms with Crippen LogP contribution in [-0.2, 0) is 5.54 Å². The van der Waals surface area contributed by atoms with Gasteiger partial charge in [-0.1, -0.05) is 24.6 Å². The van der Waals surface area contributed by atoms with Crippen molar-refractivity contribution in [2.75, 3.05) is 0 Å². The van der Waals surface area contributed by atoms with Crippen LogP contribution in [0.1, 0.15) is 38.4 Å². The highest BCUT2D eigenvalue weighted by atomic mass is 16.1. The Kier molecular flexibility index (Phi) is 3.50. The van der Waals surface area contributed by atoms with Crippen LogP contribution in [0.5, 0.6) is 0 Å². The highest BCUT2D eigenvalue weighted by Gasteiger charge is 2.37. The lowest BCUT2D eigenvalue weighted by atomic mass is 9.69. The largest absolute Gasteiger partial charge is 0.326 e. The molecule has 0 fully saturated rings. The van der Waals surface area contributed by atoms with E-state index in [2.05, 4.69) is 31.0 Å². The van der Waals surface area contributed by atoms with Crippen LogP contribution in [-0.4, -0.2) is 4.98 Å². The second kappa shape index (κ2) is 4.82. The van der Waals surface area contributed by atoms with E-state index in [1.165, 1.54) is 11.1 Å². The topological polar surface area (TPSA) is 58.9 Å². The number of hydrogen-bond donors (Lipinski definition) is 2. The number of allylic oxidation sites excluding steroid dienone is 2. The first-order chi connectivity index (χ1) is 8.88. The van der Waals surface area contributed by atoms with Crippen molar-refractivity contribution in [3.8, 4) is 0 Å². The SMILES string of the molecule is C/C=C1\[C@@H](C)C=C(C)C[C@@]1(N)c1ccc(=O)[nH]c1C. The zero-order valence-electron chi connectivity index (χ0n) is 12.1. The van der Waals surface area contributed by atoms with E-state index < -0.39 is 5.54 Å². The lowest BCUT2D eigenvalue weighted by molar-refractivity contribution is 0.453. The Morgan fingerprint density at radius 1 is 1.42 bits per heavy atom. The molecule has 1 aromatic heterocycles. The van der Waals surface area contributed by atoms with E-state index in [-0.39, 0.29) is 5.56 Å². The fourth-order valence-electron chi connectivity index (χ4n) is 3.36. The van der Waals surface area contributed by atoms with E-state index in [1.807, 2.05) is 19.9 Å². The standard InChI is InChI=1S/C16H22N2O/c1-5-13-11(3)8-10(2)9-16(13,17)14-6-7-15(19)18-12(14)4/h5-8,11H,9,17H2,1-4H3,(H,18,19)/b13-5+/t11-,16-/m0/s1. The minimum Gasteiger partial charge on any atom is -0.326 e. The average Bonchev–Trinajstić information content (AvgIpc) is 2.27. The summed E-state index contributed by atoms with van der Waals surface area (Å²) in [5.41, 5.74) is 10.5. The van der Waals surface area contributed by atoms with E-state index in [0.29, 0.717) is 5.92 Å². The van der Waals surface area contributed by atoms with Crippen molar-refractivity contribution in [2.24, 2.45) is 11.7 Å². The van der Waals surface area contributed by atoms with Crippen molar-refractivity contribution in [1.82, 2.24) is 4.98 Å².